The van der Waals surface area contributed by atoms with Crippen LogP contribution in [-0.4, -0.2) is 67.6 Å². The number of nitrogens with zero attached hydrogens (tertiary/aromatic N) is 5. The molecule has 11 nitrogen and oxygen atoms in total. The van der Waals surface area contributed by atoms with Crippen LogP contribution in [0.25, 0.3) is 33.5 Å². The third-order valence-electron chi connectivity index (χ3n) is 7.25. The van der Waals surface area contributed by atoms with E-state index in [9.17, 15) is 14.4 Å². The monoisotopic (exact) mass is 603 g/mol. The average molecular weight is 604 g/mol. The van der Waals surface area contributed by atoms with Gasteiger partial charge in [-0.1, -0.05) is 40.2 Å². The van der Waals surface area contributed by atoms with Gasteiger partial charge < -0.3 is 15.0 Å². The summed E-state index contributed by atoms with van der Waals surface area (Å²) >= 11 is 3.46. The Hall–Kier alpha value is -4.32. The fourth-order valence-electron chi connectivity index (χ4n) is 5.21. The summed E-state index contributed by atoms with van der Waals surface area (Å²) in [4.78, 5) is 55.5. The van der Waals surface area contributed by atoms with Gasteiger partial charge in [0, 0.05) is 23.0 Å². The maximum atomic E-state index is 13.5. The fourth-order valence-corrected chi connectivity index (χ4v) is 5.56. The molecule has 2 aliphatic heterocycles. The van der Waals surface area contributed by atoms with E-state index < -0.39 is 18.2 Å². The van der Waals surface area contributed by atoms with E-state index in [0.29, 0.717) is 18.8 Å². The number of carbonyl (C=O) groups is 3. The maximum absolute atomic E-state index is 13.5. The SMILES string of the molecule is COC(=O)N[C@H]1CCC(=O)N2CCC[C@@H](c3ncc(-c4ccc(-c5cnc6cc(Br)ccc6n5)cc4)[nH]3)N2C1=O. The van der Waals surface area contributed by atoms with Crippen LogP contribution in [0.5, 0.6) is 0 Å². The number of methoxy groups -OCH3 is 1. The second-order valence-electron chi connectivity index (χ2n) is 9.73. The first-order chi connectivity index (χ1) is 19.4. The number of imidazole rings is 1. The minimum atomic E-state index is -0.858. The number of alkyl carbamates (subject to hydrolysis) is 1. The zero-order valence-corrected chi connectivity index (χ0v) is 23.2. The molecule has 2 saturated heterocycles. The van der Waals surface area contributed by atoms with Crippen molar-refractivity contribution in [3.8, 4) is 22.5 Å². The molecule has 204 valence electrons. The van der Waals surface area contributed by atoms with Crippen LogP contribution in [0.15, 0.2) is 59.3 Å². The quantitative estimate of drug-likeness (QED) is 0.353. The van der Waals surface area contributed by atoms with Crippen molar-refractivity contribution in [2.24, 2.45) is 0 Å². The Kier molecular flexibility index (Phi) is 6.93. The predicted octanol–water partition coefficient (Wildman–Crippen LogP) is 4.37. The molecule has 0 aliphatic carbocycles. The van der Waals surface area contributed by atoms with E-state index in [4.69, 9.17) is 4.98 Å². The van der Waals surface area contributed by atoms with Crippen LogP contribution < -0.4 is 5.32 Å². The molecule has 2 atom stereocenters. The van der Waals surface area contributed by atoms with Crippen molar-refractivity contribution in [1.29, 1.82) is 0 Å². The summed E-state index contributed by atoms with van der Waals surface area (Å²) in [6.45, 7) is 0.440. The van der Waals surface area contributed by atoms with Crippen molar-refractivity contribution in [2.75, 3.05) is 13.7 Å². The molecule has 2 fully saturated rings. The molecule has 0 saturated carbocycles. The number of rotatable bonds is 4. The smallest absolute Gasteiger partial charge is 0.407 e. The first-order valence-electron chi connectivity index (χ1n) is 13.0. The third kappa shape index (κ3) is 4.90. The number of hydrogen-bond donors (Lipinski definition) is 2. The molecule has 12 heteroatoms. The number of hydrazine groups is 1. The number of aromatic nitrogens is 4. The first kappa shape index (κ1) is 25.9. The number of fused-ring (bicyclic) bond motifs is 2. The van der Waals surface area contributed by atoms with Gasteiger partial charge in [-0.05, 0) is 43.0 Å². The van der Waals surface area contributed by atoms with E-state index in [1.807, 2.05) is 42.5 Å². The van der Waals surface area contributed by atoms with E-state index in [1.165, 1.54) is 17.1 Å². The molecule has 0 bridgehead atoms. The zero-order valence-electron chi connectivity index (χ0n) is 21.6. The Balaban J connectivity index is 1.25. The number of ether oxygens (including phenoxy) is 1. The minimum absolute atomic E-state index is 0.151. The topological polar surface area (TPSA) is 133 Å². The highest BCUT2D eigenvalue weighted by Crippen LogP contribution is 2.34. The van der Waals surface area contributed by atoms with Crippen LogP contribution in [0.4, 0.5) is 4.79 Å². The second-order valence-corrected chi connectivity index (χ2v) is 10.6. The Morgan fingerprint density at radius 2 is 1.85 bits per heavy atom. The van der Waals surface area contributed by atoms with Crippen molar-refractivity contribution in [1.82, 2.24) is 35.3 Å². The van der Waals surface area contributed by atoms with Crippen molar-refractivity contribution in [2.45, 2.75) is 37.8 Å². The molecule has 2 aromatic heterocycles. The normalized spacial score (nSPS) is 19.4. The van der Waals surface area contributed by atoms with Gasteiger partial charge >= 0.3 is 6.09 Å². The van der Waals surface area contributed by atoms with E-state index in [2.05, 4.69) is 40.9 Å². The summed E-state index contributed by atoms with van der Waals surface area (Å²) in [5.74, 6) is 0.0707. The minimum Gasteiger partial charge on any atom is -0.453 e. The molecule has 2 aromatic carbocycles. The van der Waals surface area contributed by atoms with E-state index in [0.717, 1.165) is 44.4 Å². The van der Waals surface area contributed by atoms with Crippen LogP contribution in [0.1, 0.15) is 37.5 Å². The number of carbonyl (C=O) groups excluding carboxylic acids is 3. The van der Waals surface area contributed by atoms with Gasteiger partial charge in [0.15, 0.2) is 0 Å². The molecule has 4 heterocycles. The molecule has 4 aromatic rings. The van der Waals surface area contributed by atoms with Crippen LogP contribution >= 0.6 is 15.9 Å². The van der Waals surface area contributed by atoms with Crippen molar-refractivity contribution >= 4 is 44.9 Å². The number of halogens is 1. The summed E-state index contributed by atoms with van der Waals surface area (Å²) < 4.78 is 5.64. The van der Waals surface area contributed by atoms with Crippen LogP contribution in [0, 0.1) is 0 Å². The number of benzene rings is 2. The molecular weight excluding hydrogens is 578 g/mol. The highest BCUT2D eigenvalue weighted by molar-refractivity contribution is 9.10. The van der Waals surface area contributed by atoms with Crippen molar-refractivity contribution in [3.63, 3.8) is 0 Å². The fraction of sp³-hybridized carbons (Fsp3) is 0.286. The Bertz CT molecular complexity index is 1610. The van der Waals surface area contributed by atoms with Gasteiger partial charge in [-0.3, -0.25) is 19.6 Å². The van der Waals surface area contributed by atoms with E-state index in [-0.39, 0.29) is 24.7 Å². The van der Waals surface area contributed by atoms with Gasteiger partial charge in [0.1, 0.15) is 17.9 Å². The first-order valence-corrected chi connectivity index (χ1v) is 13.8. The number of amides is 3. The predicted molar refractivity (Wildman–Crippen MR) is 149 cm³/mol. The van der Waals surface area contributed by atoms with Crippen molar-refractivity contribution in [3.05, 3.63) is 65.2 Å². The van der Waals surface area contributed by atoms with Crippen LogP contribution in [-0.2, 0) is 14.3 Å². The summed E-state index contributed by atoms with van der Waals surface area (Å²) in [6.07, 6.45) is 4.49. The summed E-state index contributed by atoms with van der Waals surface area (Å²) in [6, 6.07) is 12.4. The Morgan fingerprint density at radius 3 is 2.65 bits per heavy atom. The van der Waals surface area contributed by atoms with Crippen LogP contribution in [0.3, 0.4) is 0 Å². The second kappa shape index (κ2) is 10.7. The Labute approximate surface area is 238 Å². The molecule has 2 N–H and O–H groups in total. The largest absolute Gasteiger partial charge is 0.453 e. The molecule has 2 aliphatic rings. The molecular formula is C28H26BrN7O4. The standard InChI is InChI=1S/C28H26BrN7O4/c1-40-28(39)34-20-10-11-25(37)35-12-2-3-24(36(35)27(20)38)26-31-15-23(33-26)17-6-4-16(5-7-17)22-14-30-21-13-18(29)8-9-19(21)32-22/h4-9,13-15,20,24H,2-3,10-12H2,1H3,(H,31,33)(H,34,39)/t20-,24-/m0/s1. The number of H-pyrrole nitrogens is 1. The molecule has 0 radical (unpaired) electrons. The van der Waals surface area contributed by atoms with Gasteiger partial charge in [0.25, 0.3) is 5.91 Å². The summed E-state index contributed by atoms with van der Waals surface area (Å²) in [7, 11) is 1.24. The van der Waals surface area contributed by atoms with Gasteiger partial charge in [0.2, 0.25) is 5.91 Å². The number of nitrogens with one attached hydrogen (secondary N) is 2. The van der Waals surface area contributed by atoms with E-state index >= 15 is 0 Å². The molecule has 3 amide bonds. The number of hydrogen-bond acceptors (Lipinski definition) is 7. The lowest BCUT2D eigenvalue weighted by Gasteiger charge is -2.42. The number of aromatic amines is 1. The highest BCUT2D eigenvalue weighted by Gasteiger charge is 2.43. The van der Waals surface area contributed by atoms with Crippen LogP contribution in [0.2, 0.25) is 0 Å². The average Bonchev–Trinajstić information content (AvgIpc) is 3.44. The lowest BCUT2D eigenvalue weighted by molar-refractivity contribution is -0.174. The lowest BCUT2D eigenvalue weighted by atomic mass is 10.1. The molecule has 0 unspecified atom stereocenters. The lowest BCUT2D eigenvalue weighted by Crippen LogP contribution is -2.57. The summed E-state index contributed by atoms with van der Waals surface area (Å²) in [5.41, 5.74) is 5.03. The molecule has 0 spiro atoms. The zero-order chi connectivity index (χ0) is 27.8. The van der Waals surface area contributed by atoms with Crippen molar-refractivity contribution < 1.29 is 19.1 Å². The molecule has 40 heavy (non-hydrogen) atoms. The van der Waals surface area contributed by atoms with Gasteiger partial charge in [0.05, 0.1) is 41.9 Å². The van der Waals surface area contributed by atoms with Gasteiger partial charge in [-0.15, -0.1) is 0 Å². The maximum Gasteiger partial charge on any atom is 0.407 e. The van der Waals surface area contributed by atoms with Gasteiger partial charge in [-0.2, -0.15) is 0 Å². The van der Waals surface area contributed by atoms with E-state index in [1.54, 1.807) is 12.4 Å². The highest BCUT2D eigenvalue weighted by atomic mass is 79.9. The van der Waals surface area contributed by atoms with Gasteiger partial charge in [-0.25, -0.2) is 19.8 Å². The molecule has 6 rings (SSSR count). The summed E-state index contributed by atoms with van der Waals surface area (Å²) in [5, 5.41) is 5.53. The third-order valence-corrected chi connectivity index (χ3v) is 7.74. The Morgan fingerprint density at radius 1 is 1.05 bits per heavy atom.